The second-order valence-corrected chi connectivity index (χ2v) is 5.80. The normalized spacial score (nSPS) is 24.1. The first-order valence-corrected chi connectivity index (χ1v) is 6.98. The minimum Gasteiger partial charge on any atom is -0.507 e. The van der Waals surface area contributed by atoms with Crippen LogP contribution in [0.5, 0.6) is 5.75 Å². The molecule has 0 radical (unpaired) electrons. The first-order chi connectivity index (χ1) is 8.47. The Morgan fingerprint density at radius 2 is 2.00 bits per heavy atom. The summed E-state index contributed by atoms with van der Waals surface area (Å²) in [5.74, 6) is 0.0968. The van der Waals surface area contributed by atoms with Crippen LogP contribution in [-0.2, 0) is 4.74 Å². The average Bonchev–Trinajstić information content (AvgIpc) is 2.30. The molecule has 98 valence electrons. The molecular formula is C13H16INO3. The topological polar surface area (TPSA) is 49.8 Å². The van der Waals surface area contributed by atoms with Gasteiger partial charge in [-0.2, -0.15) is 0 Å². The second kappa shape index (κ2) is 5.44. The van der Waals surface area contributed by atoms with Gasteiger partial charge in [0.2, 0.25) is 0 Å². The molecule has 4 nitrogen and oxygen atoms in total. The molecule has 0 bridgehead atoms. The van der Waals surface area contributed by atoms with E-state index in [1.54, 1.807) is 17.0 Å². The summed E-state index contributed by atoms with van der Waals surface area (Å²) in [6, 6.07) is 5.01. The van der Waals surface area contributed by atoms with E-state index in [4.69, 9.17) is 4.74 Å². The first-order valence-electron chi connectivity index (χ1n) is 5.90. The van der Waals surface area contributed by atoms with E-state index in [1.807, 2.05) is 36.4 Å². The van der Waals surface area contributed by atoms with Gasteiger partial charge in [0.05, 0.1) is 15.8 Å². The Morgan fingerprint density at radius 3 is 2.56 bits per heavy atom. The molecule has 1 saturated heterocycles. The number of halogens is 1. The molecule has 2 atom stereocenters. The minimum absolute atomic E-state index is 0.0511. The maximum Gasteiger partial charge on any atom is 0.254 e. The van der Waals surface area contributed by atoms with Crippen LogP contribution in [0.3, 0.4) is 0 Å². The molecule has 1 N–H and O–H groups in total. The summed E-state index contributed by atoms with van der Waals surface area (Å²) >= 11 is 2.03. The van der Waals surface area contributed by atoms with E-state index in [-0.39, 0.29) is 23.9 Å². The third-order valence-corrected chi connectivity index (χ3v) is 3.81. The van der Waals surface area contributed by atoms with Crippen LogP contribution in [-0.4, -0.2) is 41.2 Å². The van der Waals surface area contributed by atoms with Crippen molar-refractivity contribution >= 4 is 28.5 Å². The fraction of sp³-hybridized carbons (Fsp3) is 0.462. The van der Waals surface area contributed by atoms with Crippen LogP contribution in [0.2, 0.25) is 0 Å². The smallest absolute Gasteiger partial charge is 0.254 e. The zero-order valence-corrected chi connectivity index (χ0v) is 12.5. The Labute approximate surface area is 120 Å². The van der Waals surface area contributed by atoms with Gasteiger partial charge < -0.3 is 14.7 Å². The molecule has 1 aromatic carbocycles. The number of morpholine rings is 1. The third kappa shape index (κ3) is 2.95. The molecule has 1 heterocycles. The summed E-state index contributed by atoms with van der Waals surface area (Å²) in [4.78, 5) is 14.1. The standard InChI is InChI=1S/C13H16INO3/c1-8-6-15(7-9(2)18-8)13(17)10-3-4-11(14)12(16)5-10/h3-5,8-9,16H,6-7H2,1-2H3/t8-,9+. The van der Waals surface area contributed by atoms with Crippen LogP contribution in [0.4, 0.5) is 0 Å². The summed E-state index contributed by atoms with van der Waals surface area (Å²) < 4.78 is 6.34. The average molecular weight is 361 g/mol. The summed E-state index contributed by atoms with van der Waals surface area (Å²) in [5, 5.41) is 9.65. The molecule has 1 amide bonds. The van der Waals surface area contributed by atoms with Gasteiger partial charge in [-0.05, 0) is 54.6 Å². The van der Waals surface area contributed by atoms with Gasteiger partial charge in [0, 0.05) is 18.7 Å². The zero-order chi connectivity index (χ0) is 13.3. The number of carbonyl (C=O) groups excluding carboxylic acids is 1. The van der Waals surface area contributed by atoms with Crippen molar-refractivity contribution in [3.8, 4) is 5.75 Å². The lowest BCUT2D eigenvalue weighted by Crippen LogP contribution is -2.48. The van der Waals surface area contributed by atoms with Gasteiger partial charge in [0.15, 0.2) is 0 Å². The minimum atomic E-state index is -0.0521. The highest BCUT2D eigenvalue weighted by Crippen LogP contribution is 2.22. The predicted octanol–water partition coefficient (Wildman–Crippen LogP) is 2.25. The lowest BCUT2D eigenvalue weighted by molar-refractivity contribution is -0.0586. The van der Waals surface area contributed by atoms with Crippen molar-refractivity contribution in [3.05, 3.63) is 27.3 Å². The molecule has 1 aromatic rings. The fourth-order valence-corrected chi connectivity index (χ4v) is 2.51. The van der Waals surface area contributed by atoms with Crippen molar-refractivity contribution in [2.75, 3.05) is 13.1 Å². The SMILES string of the molecule is C[C@@H]1CN(C(=O)c2ccc(I)c(O)c2)C[C@H](C)O1. The third-order valence-electron chi connectivity index (χ3n) is 2.90. The molecule has 0 aromatic heterocycles. The maximum atomic E-state index is 12.3. The van der Waals surface area contributed by atoms with E-state index >= 15 is 0 Å². The number of aromatic hydroxyl groups is 1. The molecule has 1 aliphatic rings. The number of hydrogen-bond donors (Lipinski definition) is 1. The lowest BCUT2D eigenvalue weighted by Gasteiger charge is -2.35. The number of rotatable bonds is 1. The summed E-state index contributed by atoms with van der Waals surface area (Å²) in [6.07, 6.45) is 0.102. The van der Waals surface area contributed by atoms with Crippen LogP contribution in [0.1, 0.15) is 24.2 Å². The Balaban J connectivity index is 2.17. The lowest BCUT2D eigenvalue weighted by atomic mass is 10.1. The highest BCUT2D eigenvalue weighted by Gasteiger charge is 2.26. The Bertz CT molecular complexity index is 454. The van der Waals surface area contributed by atoms with Crippen LogP contribution in [0.25, 0.3) is 0 Å². The number of nitrogens with zero attached hydrogens (tertiary/aromatic N) is 1. The molecule has 1 fully saturated rings. The van der Waals surface area contributed by atoms with Crippen molar-refractivity contribution < 1.29 is 14.6 Å². The van der Waals surface area contributed by atoms with E-state index < -0.39 is 0 Å². The number of ether oxygens (including phenoxy) is 1. The van der Waals surface area contributed by atoms with E-state index in [2.05, 4.69) is 0 Å². The number of carbonyl (C=O) groups is 1. The van der Waals surface area contributed by atoms with Crippen molar-refractivity contribution in [1.29, 1.82) is 0 Å². The van der Waals surface area contributed by atoms with Gasteiger partial charge in [-0.3, -0.25) is 4.79 Å². The van der Waals surface area contributed by atoms with Gasteiger partial charge >= 0.3 is 0 Å². The molecule has 5 heteroatoms. The highest BCUT2D eigenvalue weighted by molar-refractivity contribution is 14.1. The molecule has 1 aliphatic heterocycles. The maximum absolute atomic E-state index is 12.3. The molecular weight excluding hydrogens is 345 g/mol. The largest absolute Gasteiger partial charge is 0.507 e. The second-order valence-electron chi connectivity index (χ2n) is 4.63. The van der Waals surface area contributed by atoms with E-state index in [9.17, 15) is 9.90 Å². The van der Waals surface area contributed by atoms with E-state index in [0.29, 0.717) is 18.7 Å². The zero-order valence-electron chi connectivity index (χ0n) is 10.4. The number of hydrogen-bond acceptors (Lipinski definition) is 3. The molecule has 18 heavy (non-hydrogen) atoms. The monoisotopic (exact) mass is 361 g/mol. The predicted molar refractivity (Wildman–Crippen MR) is 76.7 cm³/mol. The van der Waals surface area contributed by atoms with Crippen LogP contribution >= 0.6 is 22.6 Å². The van der Waals surface area contributed by atoms with Crippen LogP contribution in [0.15, 0.2) is 18.2 Å². The number of phenolic OH excluding ortho intramolecular Hbond substituents is 1. The molecule has 0 spiro atoms. The van der Waals surface area contributed by atoms with Crippen LogP contribution < -0.4 is 0 Å². The number of amides is 1. The first kappa shape index (κ1) is 13.6. The van der Waals surface area contributed by atoms with Crippen molar-refractivity contribution in [2.45, 2.75) is 26.1 Å². The van der Waals surface area contributed by atoms with Gasteiger partial charge in [0.1, 0.15) is 5.75 Å². The van der Waals surface area contributed by atoms with E-state index in [0.717, 1.165) is 3.57 Å². The highest BCUT2D eigenvalue weighted by atomic mass is 127. The molecule has 2 rings (SSSR count). The Morgan fingerprint density at radius 1 is 1.39 bits per heavy atom. The Kier molecular flexibility index (Phi) is 4.11. The Hall–Kier alpha value is -0.820. The van der Waals surface area contributed by atoms with Gasteiger partial charge in [-0.25, -0.2) is 0 Å². The number of benzene rings is 1. The van der Waals surface area contributed by atoms with Gasteiger partial charge in [-0.1, -0.05) is 0 Å². The van der Waals surface area contributed by atoms with Crippen molar-refractivity contribution in [3.63, 3.8) is 0 Å². The van der Waals surface area contributed by atoms with Crippen molar-refractivity contribution in [2.24, 2.45) is 0 Å². The van der Waals surface area contributed by atoms with Gasteiger partial charge in [0.25, 0.3) is 5.91 Å². The molecule has 0 saturated carbocycles. The molecule has 0 unspecified atom stereocenters. The van der Waals surface area contributed by atoms with Crippen molar-refractivity contribution in [1.82, 2.24) is 4.90 Å². The fourth-order valence-electron chi connectivity index (χ4n) is 2.17. The quantitative estimate of drug-likeness (QED) is 0.781. The van der Waals surface area contributed by atoms with Crippen LogP contribution in [0, 0.1) is 3.57 Å². The molecule has 0 aliphatic carbocycles. The summed E-state index contributed by atoms with van der Waals surface area (Å²) in [7, 11) is 0. The van der Waals surface area contributed by atoms with E-state index in [1.165, 1.54) is 6.07 Å². The van der Waals surface area contributed by atoms with Gasteiger partial charge in [-0.15, -0.1) is 0 Å². The summed E-state index contributed by atoms with van der Waals surface area (Å²) in [5.41, 5.74) is 0.522. The number of phenols is 1. The summed E-state index contributed by atoms with van der Waals surface area (Å²) in [6.45, 7) is 5.11.